The lowest BCUT2D eigenvalue weighted by atomic mass is 10.1. The second-order valence-electron chi connectivity index (χ2n) is 4.89. The monoisotopic (exact) mass is 332 g/mol. The van der Waals surface area contributed by atoms with Gasteiger partial charge in [-0.15, -0.1) is 0 Å². The third-order valence-corrected chi connectivity index (χ3v) is 3.11. The average molecular weight is 332 g/mol. The Kier molecular flexibility index (Phi) is 7.02. The highest BCUT2D eigenvalue weighted by Crippen LogP contribution is 2.20. The number of carbonyl (C=O) groups is 2. The molecule has 0 unspecified atom stereocenters. The number of amides is 1. The van der Waals surface area contributed by atoms with Crippen LogP contribution >= 0.6 is 0 Å². The van der Waals surface area contributed by atoms with Crippen LogP contribution in [0.1, 0.15) is 18.5 Å². The molecule has 0 saturated carbocycles. The fraction of sp³-hybridized carbons (Fsp3) is 0.467. The number of hydrogen-bond donors (Lipinski definition) is 1. The summed E-state index contributed by atoms with van der Waals surface area (Å²) in [6.07, 6.45) is -4.51. The predicted octanol–water partition coefficient (Wildman–Crippen LogP) is 1.90. The lowest BCUT2D eigenvalue weighted by molar-refractivity contribution is -0.155. The number of alkyl halides is 3. The molecule has 23 heavy (non-hydrogen) atoms. The summed E-state index contributed by atoms with van der Waals surface area (Å²) in [6, 6.07) is 8.06. The van der Waals surface area contributed by atoms with E-state index in [2.05, 4.69) is 0 Å². The number of benzene rings is 1. The molecule has 0 radical (unpaired) electrons. The van der Waals surface area contributed by atoms with E-state index in [0.29, 0.717) is 12.1 Å². The number of halogens is 3. The van der Waals surface area contributed by atoms with Gasteiger partial charge in [-0.05, 0) is 19.2 Å². The van der Waals surface area contributed by atoms with Crippen molar-refractivity contribution in [3.05, 3.63) is 35.9 Å². The molecule has 0 fully saturated rings. The molecule has 0 aliphatic rings. The van der Waals surface area contributed by atoms with Crippen LogP contribution in [0.5, 0.6) is 0 Å². The summed E-state index contributed by atoms with van der Waals surface area (Å²) >= 11 is 0. The SMILES string of the molecule is CCN(C)[C@H](C(=O)OCC(=O)NCC(F)(F)F)c1ccccc1. The lowest BCUT2D eigenvalue weighted by Gasteiger charge is -2.25. The molecule has 5 nitrogen and oxygen atoms in total. The Hall–Kier alpha value is -2.09. The Bertz CT molecular complexity index is 520. The van der Waals surface area contributed by atoms with Gasteiger partial charge in [-0.25, -0.2) is 4.79 Å². The van der Waals surface area contributed by atoms with Gasteiger partial charge in [0.05, 0.1) is 0 Å². The van der Waals surface area contributed by atoms with Gasteiger partial charge in [-0.2, -0.15) is 13.2 Å². The molecule has 0 aliphatic heterocycles. The molecule has 1 aromatic carbocycles. The number of hydrogen-bond acceptors (Lipinski definition) is 4. The van der Waals surface area contributed by atoms with Crippen molar-refractivity contribution < 1.29 is 27.5 Å². The minimum atomic E-state index is -4.51. The molecule has 0 aromatic heterocycles. The van der Waals surface area contributed by atoms with E-state index in [9.17, 15) is 22.8 Å². The van der Waals surface area contributed by atoms with Crippen LogP contribution in [0.25, 0.3) is 0 Å². The summed E-state index contributed by atoms with van der Waals surface area (Å²) in [7, 11) is 1.71. The fourth-order valence-corrected chi connectivity index (χ4v) is 1.85. The summed E-state index contributed by atoms with van der Waals surface area (Å²) in [4.78, 5) is 25.2. The maximum absolute atomic E-state index is 12.2. The van der Waals surface area contributed by atoms with Crippen LogP contribution in [0, 0.1) is 0 Å². The fourth-order valence-electron chi connectivity index (χ4n) is 1.85. The number of esters is 1. The van der Waals surface area contributed by atoms with Crippen LogP contribution in [-0.2, 0) is 14.3 Å². The summed E-state index contributed by atoms with van der Waals surface area (Å²) in [5, 5.41) is 1.65. The van der Waals surface area contributed by atoms with E-state index >= 15 is 0 Å². The van der Waals surface area contributed by atoms with Crippen LogP contribution in [0.15, 0.2) is 30.3 Å². The van der Waals surface area contributed by atoms with Crippen molar-refractivity contribution in [2.24, 2.45) is 0 Å². The normalized spacial score (nSPS) is 12.8. The molecule has 128 valence electrons. The minimum absolute atomic E-state index is 0.551. The molecular weight excluding hydrogens is 313 g/mol. The van der Waals surface area contributed by atoms with Crippen molar-refractivity contribution in [2.45, 2.75) is 19.1 Å². The molecular formula is C15H19F3N2O3. The van der Waals surface area contributed by atoms with Gasteiger partial charge in [0.2, 0.25) is 0 Å². The summed E-state index contributed by atoms with van der Waals surface area (Å²) < 4.78 is 40.8. The number of nitrogens with zero attached hydrogens (tertiary/aromatic N) is 1. The van der Waals surface area contributed by atoms with Gasteiger partial charge in [-0.1, -0.05) is 37.3 Å². The summed E-state index contributed by atoms with van der Waals surface area (Å²) in [6.45, 7) is 0.185. The zero-order valence-corrected chi connectivity index (χ0v) is 12.9. The van der Waals surface area contributed by atoms with Crippen molar-refractivity contribution in [2.75, 3.05) is 26.7 Å². The zero-order chi connectivity index (χ0) is 17.5. The Morgan fingerprint density at radius 1 is 1.26 bits per heavy atom. The second kappa shape index (κ2) is 8.52. The number of likely N-dealkylation sites (N-methyl/N-ethyl adjacent to an activating group) is 1. The van der Waals surface area contributed by atoms with Crippen LogP contribution in [-0.4, -0.2) is 49.7 Å². The van der Waals surface area contributed by atoms with Crippen molar-refractivity contribution in [1.29, 1.82) is 0 Å². The highest BCUT2D eigenvalue weighted by Gasteiger charge is 2.29. The van der Waals surface area contributed by atoms with Gasteiger partial charge in [0, 0.05) is 0 Å². The van der Waals surface area contributed by atoms with Gasteiger partial charge in [0.1, 0.15) is 12.6 Å². The summed E-state index contributed by atoms with van der Waals surface area (Å²) in [5.41, 5.74) is 0.678. The standard InChI is InChI=1S/C15H19F3N2O3/c1-3-20(2)13(11-7-5-4-6-8-11)14(22)23-9-12(21)19-10-15(16,17)18/h4-8,13H,3,9-10H2,1-2H3,(H,19,21)/t13-/m0/s1. The van der Waals surface area contributed by atoms with Crippen LogP contribution in [0.3, 0.4) is 0 Å². The molecule has 0 saturated heterocycles. The highest BCUT2D eigenvalue weighted by molar-refractivity contribution is 5.83. The molecule has 1 rings (SSSR count). The van der Waals surface area contributed by atoms with Crippen LogP contribution in [0.4, 0.5) is 13.2 Å². The maximum Gasteiger partial charge on any atom is 0.405 e. The molecule has 0 bridgehead atoms. The Labute approximate surface area is 132 Å². The number of nitrogens with one attached hydrogen (secondary N) is 1. The third-order valence-electron chi connectivity index (χ3n) is 3.11. The molecule has 1 atom stereocenters. The number of rotatable bonds is 7. The molecule has 0 spiro atoms. The van der Waals surface area contributed by atoms with Gasteiger partial charge in [0.25, 0.3) is 5.91 Å². The molecule has 8 heteroatoms. The highest BCUT2D eigenvalue weighted by atomic mass is 19.4. The minimum Gasteiger partial charge on any atom is -0.454 e. The average Bonchev–Trinajstić information content (AvgIpc) is 2.51. The van der Waals surface area contributed by atoms with E-state index in [0.717, 1.165) is 0 Å². The lowest BCUT2D eigenvalue weighted by Crippen LogP contribution is -2.38. The van der Waals surface area contributed by atoms with Crippen molar-refractivity contribution >= 4 is 11.9 Å². The smallest absolute Gasteiger partial charge is 0.405 e. The number of ether oxygens (including phenoxy) is 1. The van der Waals surface area contributed by atoms with Crippen LogP contribution < -0.4 is 5.32 Å². The first-order valence-corrected chi connectivity index (χ1v) is 7.00. The van der Waals surface area contributed by atoms with Gasteiger partial charge in [0.15, 0.2) is 6.61 Å². The third kappa shape index (κ3) is 6.68. The summed E-state index contributed by atoms with van der Waals surface area (Å²) in [5.74, 6) is -1.69. The molecule has 1 aromatic rings. The molecule has 0 heterocycles. The van der Waals surface area contributed by atoms with E-state index in [1.165, 1.54) is 0 Å². The van der Waals surface area contributed by atoms with Crippen LogP contribution in [0.2, 0.25) is 0 Å². The van der Waals surface area contributed by atoms with Crippen molar-refractivity contribution in [3.8, 4) is 0 Å². The Morgan fingerprint density at radius 3 is 2.39 bits per heavy atom. The largest absolute Gasteiger partial charge is 0.454 e. The van der Waals surface area contributed by atoms with E-state index in [-0.39, 0.29) is 0 Å². The topological polar surface area (TPSA) is 58.6 Å². The molecule has 1 N–H and O–H groups in total. The maximum atomic E-state index is 12.2. The van der Waals surface area contributed by atoms with E-state index in [4.69, 9.17) is 4.74 Å². The first-order valence-electron chi connectivity index (χ1n) is 7.00. The van der Waals surface area contributed by atoms with Crippen molar-refractivity contribution in [1.82, 2.24) is 10.2 Å². The van der Waals surface area contributed by atoms with Gasteiger partial charge < -0.3 is 10.1 Å². The van der Waals surface area contributed by atoms with Gasteiger partial charge in [-0.3, -0.25) is 9.69 Å². The van der Waals surface area contributed by atoms with E-state index in [1.54, 1.807) is 47.6 Å². The van der Waals surface area contributed by atoms with Crippen molar-refractivity contribution in [3.63, 3.8) is 0 Å². The quantitative estimate of drug-likeness (QED) is 0.775. The predicted molar refractivity (Wildman–Crippen MR) is 77.5 cm³/mol. The first kappa shape index (κ1) is 19.0. The first-order chi connectivity index (χ1) is 10.7. The molecule has 1 amide bonds. The molecule has 0 aliphatic carbocycles. The Balaban J connectivity index is 2.63. The van der Waals surface area contributed by atoms with E-state index < -0.39 is 37.2 Å². The number of carbonyl (C=O) groups excluding carboxylic acids is 2. The Morgan fingerprint density at radius 2 is 1.87 bits per heavy atom. The van der Waals surface area contributed by atoms with E-state index in [1.807, 2.05) is 6.92 Å². The van der Waals surface area contributed by atoms with Gasteiger partial charge >= 0.3 is 12.1 Å². The zero-order valence-electron chi connectivity index (χ0n) is 12.9. The second-order valence-corrected chi connectivity index (χ2v) is 4.89.